The maximum absolute atomic E-state index is 13.2. The molecule has 152 valence electrons. The number of hydrogen-bond donors (Lipinski definition) is 2. The number of nitrogens with two attached hydrogens (primary N) is 1. The van der Waals surface area contributed by atoms with E-state index < -0.39 is 0 Å². The van der Waals surface area contributed by atoms with Gasteiger partial charge in [-0.1, -0.05) is 55.1 Å². The zero-order valence-corrected chi connectivity index (χ0v) is 17.5. The number of rotatable bonds is 6. The molecule has 0 radical (unpaired) electrons. The minimum absolute atomic E-state index is 0.00867. The van der Waals surface area contributed by atoms with Crippen LogP contribution in [0.1, 0.15) is 37.8 Å². The molecular formula is C22H26ClN5O. The summed E-state index contributed by atoms with van der Waals surface area (Å²) in [4.78, 5) is 23.8. The van der Waals surface area contributed by atoms with Crippen molar-refractivity contribution < 1.29 is 4.79 Å². The molecule has 0 spiro atoms. The van der Waals surface area contributed by atoms with Gasteiger partial charge in [0, 0.05) is 11.7 Å². The van der Waals surface area contributed by atoms with E-state index in [1.807, 2.05) is 44.2 Å². The van der Waals surface area contributed by atoms with Gasteiger partial charge in [-0.05, 0) is 43.7 Å². The Kier molecular flexibility index (Phi) is 6.23. The van der Waals surface area contributed by atoms with Gasteiger partial charge < -0.3 is 11.1 Å². The summed E-state index contributed by atoms with van der Waals surface area (Å²) in [7, 11) is 0. The molecule has 1 amide bonds. The van der Waals surface area contributed by atoms with Crippen LogP contribution in [0.5, 0.6) is 0 Å². The second-order valence-electron chi connectivity index (χ2n) is 7.28. The van der Waals surface area contributed by atoms with E-state index in [1.54, 1.807) is 4.90 Å². The highest BCUT2D eigenvalue weighted by molar-refractivity contribution is 6.45. The molecule has 3 rings (SSSR count). The van der Waals surface area contributed by atoms with Gasteiger partial charge in [-0.15, -0.1) is 0 Å². The number of amidine groups is 2. The van der Waals surface area contributed by atoms with E-state index in [0.717, 1.165) is 24.0 Å². The highest BCUT2D eigenvalue weighted by atomic mass is 35.5. The molecule has 2 aliphatic rings. The Morgan fingerprint density at radius 3 is 2.55 bits per heavy atom. The summed E-state index contributed by atoms with van der Waals surface area (Å²) in [5.74, 6) is 1.03. The lowest BCUT2D eigenvalue weighted by Crippen LogP contribution is -2.57. The van der Waals surface area contributed by atoms with Crippen LogP contribution in [-0.2, 0) is 11.3 Å². The van der Waals surface area contributed by atoms with Crippen molar-refractivity contribution in [2.45, 2.75) is 39.3 Å². The first-order valence-electron chi connectivity index (χ1n) is 9.60. The summed E-state index contributed by atoms with van der Waals surface area (Å²) >= 11 is 5.94. The average molecular weight is 412 g/mol. The number of nitrogens with zero attached hydrogens (tertiary/aromatic N) is 3. The van der Waals surface area contributed by atoms with Gasteiger partial charge in [-0.2, -0.15) is 0 Å². The maximum atomic E-state index is 13.2. The van der Waals surface area contributed by atoms with Crippen molar-refractivity contribution in [2.24, 2.45) is 21.6 Å². The van der Waals surface area contributed by atoms with Crippen LogP contribution in [0.15, 0.2) is 64.3 Å². The molecular weight excluding hydrogens is 386 g/mol. The van der Waals surface area contributed by atoms with Crippen LogP contribution in [0.25, 0.3) is 5.70 Å². The maximum Gasteiger partial charge on any atom is 0.295 e. The standard InChI is InChI=1S/C22H26ClN5O/c1-5-19-21(26-15(4)23)28(14(3)18-10-11-18)22(29)20(27-19)25-12-16-6-8-17(9-7-16)13(2)24/h5-9,14,18H,2,4,10-12,24H2,1,3H3,(H,25,27)/b19-5+,26-21?/t14-/m0/s1. The van der Waals surface area contributed by atoms with Gasteiger partial charge in [0.05, 0.1) is 12.2 Å². The van der Waals surface area contributed by atoms with Crippen LogP contribution < -0.4 is 11.1 Å². The number of allylic oxidation sites excluding steroid dienone is 1. The molecule has 1 aliphatic heterocycles. The van der Waals surface area contributed by atoms with Crippen LogP contribution in [0.3, 0.4) is 0 Å². The Bertz CT molecular complexity index is 925. The van der Waals surface area contributed by atoms with E-state index in [0.29, 0.717) is 29.7 Å². The van der Waals surface area contributed by atoms with Crippen molar-refractivity contribution in [1.82, 2.24) is 10.2 Å². The Morgan fingerprint density at radius 2 is 2.03 bits per heavy atom. The third-order valence-corrected chi connectivity index (χ3v) is 5.20. The first kappa shape index (κ1) is 20.9. The molecule has 0 unspecified atom stereocenters. The van der Waals surface area contributed by atoms with Gasteiger partial charge in [-0.3, -0.25) is 14.7 Å². The van der Waals surface area contributed by atoms with E-state index in [1.165, 1.54) is 0 Å². The monoisotopic (exact) mass is 411 g/mol. The summed E-state index contributed by atoms with van der Waals surface area (Å²) < 4.78 is 0. The Morgan fingerprint density at radius 1 is 1.38 bits per heavy atom. The summed E-state index contributed by atoms with van der Waals surface area (Å²) in [5.41, 5.74) is 8.75. The lowest BCUT2D eigenvalue weighted by atomic mass is 10.1. The Balaban J connectivity index is 1.89. The minimum Gasteiger partial charge on any atom is -0.399 e. The fourth-order valence-corrected chi connectivity index (χ4v) is 3.36. The number of halogens is 1. The fourth-order valence-electron chi connectivity index (χ4n) is 3.28. The first-order chi connectivity index (χ1) is 13.8. The van der Waals surface area contributed by atoms with Crippen LogP contribution in [0.4, 0.5) is 0 Å². The van der Waals surface area contributed by atoms with Gasteiger partial charge in [-0.25, -0.2) is 4.99 Å². The molecule has 1 aromatic rings. The number of nitrogens with one attached hydrogen (secondary N) is 1. The number of amides is 1. The molecule has 3 N–H and O–H groups in total. The van der Waals surface area contributed by atoms with Crippen LogP contribution >= 0.6 is 11.6 Å². The van der Waals surface area contributed by atoms with E-state index >= 15 is 0 Å². The molecule has 1 saturated carbocycles. The lowest BCUT2D eigenvalue weighted by molar-refractivity contribution is -0.122. The SMILES string of the molecule is C=C(Cl)N=C1/C(=C\C)NC(=NCc2ccc(C(=C)N)cc2)C(=O)N1[C@@H](C)C1CC1. The molecule has 1 aromatic carbocycles. The third-order valence-electron chi connectivity index (χ3n) is 5.12. The molecule has 6 nitrogen and oxygen atoms in total. The molecule has 2 fully saturated rings. The summed E-state index contributed by atoms with van der Waals surface area (Å²) in [6, 6.07) is 7.65. The second kappa shape index (κ2) is 8.66. The van der Waals surface area contributed by atoms with Gasteiger partial charge in [0.15, 0.2) is 11.7 Å². The second-order valence-corrected chi connectivity index (χ2v) is 7.72. The van der Waals surface area contributed by atoms with Crippen molar-refractivity contribution in [3.8, 4) is 0 Å². The highest BCUT2D eigenvalue weighted by Gasteiger charge is 2.41. The van der Waals surface area contributed by atoms with Gasteiger partial charge >= 0.3 is 0 Å². The fraction of sp³-hybridized carbons (Fsp3) is 0.318. The largest absolute Gasteiger partial charge is 0.399 e. The number of aliphatic imine (C=N–C) groups is 2. The first-order valence-corrected chi connectivity index (χ1v) is 9.98. The predicted octanol–water partition coefficient (Wildman–Crippen LogP) is 3.76. The normalized spacial score (nSPS) is 22.1. The van der Waals surface area contributed by atoms with Crippen molar-refractivity contribution >= 4 is 34.9 Å². The molecule has 7 heteroatoms. The number of hydrogen-bond acceptors (Lipinski definition) is 4. The average Bonchev–Trinajstić information content (AvgIpc) is 3.52. The number of carbonyl (C=O) groups excluding carboxylic acids is 1. The summed E-state index contributed by atoms with van der Waals surface area (Å²) in [6.07, 6.45) is 4.06. The topological polar surface area (TPSA) is 83.1 Å². The summed E-state index contributed by atoms with van der Waals surface area (Å²) in [6.45, 7) is 11.7. The zero-order valence-electron chi connectivity index (χ0n) is 16.8. The van der Waals surface area contributed by atoms with E-state index in [9.17, 15) is 4.79 Å². The smallest absolute Gasteiger partial charge is 0.295 e. The van der Waals surface area contributed by atoms with Crippen LogP contribution in [0.2, 0.25) is 0 Å². The molecule has 1 heterocycles. The number of piperazine rings is 1. The highest BCUT2D eigenvalue weighted by Crippen LogP contribution is 2.36. The minimum atomic E-state index is -0.210. The van der Waals surface area contributed by atoms with Crippen molar-refractivity contribution in [3.05, 3.63) is 65.5 Å². The van der Waals surface area contributed by atoms with Crippen molar-refractivity contribution in [1.29, 1.82) is 0 Å². The van der Waals surface area contributed by atoms with E-state index in [2.05, 4.69) is 28.5 Å². The van der Waals surface area contributed by atoms with Gasteiger partial charge in [0.1, 0.15) is 5.16 Å². The molecule has 0 bridgehead atoms. The molecule has 1 saturated heterocycles. The van der Waals surface area contributed by atoms with Crippen LogP contribution in [-0.4, -0.2) is 28.5 Å². The van der Waals surface area contributed by atoms with E-state index in [4.69, 9.17) is 17.3 Å². The lowest BCUT2D eigenvalue weighted by Gasteiger charge is -2.36. The number of benzene rings is 1. The van der Waals surface area contributed by atoms with Crippen LogP contribution in [0, 0.1) is 5.92 Å². The molecule has 1 aliphatic carbocycles. The molecule has 0 aromatic heterocycles. The zero-order chi connectivity index (χ0) is 21.1. The van der Waals surface area contributed by atoms with Gasteiger partial charge in [0.2, 0.25) is 0 Å². The predicted molar refractivity (Wildman–Crippen MR) is 119 cm³/mol. The summed E-state index contributed by atoms with van der Waals surface area (Å²) in [5, 5.41) is 3.24. The van der Waals surface area contributed by atoms with E-state index in [-0.39, 0.29) is 22.9 Å². The van der Waals surface area contributed by atoms with Crippen molar-refractivity contribution in [2.75, 3.05) is 0 Å². The number of carbonyl (C=O) groups is 1. The third kappa shape index (κ3) is 4.77. The Labute approximate surface area is 176 Å². The quantitative estimate of drug-likeness (QED) is 0.699. The Hall–Kier alpha value is -2.86. The van der Waals surface area contributed by atoms with Crippen molar-refractivity contribution in [3.63, 3.8) is 0 Å². The van der Waals surface area contributed by atoms with Gasteiger partial charge in [0.25, 0.3) is 5.91 Å². The molecule has 29 heavy (non-hydrogen) atoms. The molecule has 1 atom stereocenters.